The first-order chi connectivity index (χ1) is 9.94. The number of sulfonamides is 1. The smallest absolute Gasteiger partial charge is 0.262 e. The fraction of sp³-hybridized carbons (Fsp3) is 0.400. The van der Waals surface area contributed by atoms with Gasteiger partial charge in [-0.2, -0.15) is 5.10 Å². The first-order valence-corrected chi connectivity index (χ1v) is 8.55. The Morgan fingerprint density at radius 1 is 1.29 bits per heavy atom. The molecule has 0 atom stereocenters. The molecule has 1 aromatic heterocycles. The molecule has 1 N–H and O–H groups in total. The van der Waals surface area contributed by atoms with E-state index in [9.17, 15) is 8.42 Å². The topological polar surface area (TPSA) is 64.0 Å². The molecule has 0 unspecified atom stereocenters. The van der Waals surface area contributed by atoms with Crippen LogP contribution in [0.5, 0.6) is 0 Å². The Kier molecular flexibility index (Phi) is 3.49. The van der Waals surface area contributed by atoms with Crippen LogP contribution in [0.4, 0.5) is 5.69 Å². The summed E-state index contributed by atoms with van der Waals surface area (Å²) >= 11 is 0. The molecule has 1 aliphatic carbocycles. The van der Waals surface area contributed by atoms with Crippen molar-refractivity contribution in [1.82, 2.24) is 9.78 Å². The zero-order valence-corrected chi connectivity index (χ0v) is 13.0. The minimum atomic E-state index is -3.56. The van der Waals surface area contributed by atoms with Crippen LogP contribution in [0, 0.1) is 19.8 Å². The van der Waals surface area contributed by atoms with Crippen molar-refractivity contribution < 1.29 is 8.42 Å². The van der Waals surface area contributed by atoms with Crippen molar-refractivity contribution in [2.45, 2.75) is 38.1 Å². The summed E-state index contributed by atoms with van der Waals surface area (Å²) in [5.74, 6) is 0.703. The first kappa shape index (κ1) is 14.1. The van der Waals surface area contributed by atoms with Crippen LogP contribution in [0.3, 0.4) is 0 Å². The van der Waals surface area contributed by atoms with Crippen molar-refractivity contribution in [3.8, 4) is 0 Å². The summed E-state index contributed by atoms with van der Waals surface area (Å²) in [6.45, 7) is 4.73. The number of rotatable bonds is 5. The van der Waals surface area contributed by atoms with E-state index in [0.29, 0.717) is 11.6 Å². The molecule has 6 heteroatoms. The highest BCUT2D eigenvalue weighted by atomic mass is 32.2. The Morgan fingerprint density at radius 3 is 2.71 bits per heavy atom. The highest BCUT2D eigenvalue weighted by Crippen LogP contribution is 2.30. The predicted molar refractivity (Wildman–Crippen MR) is 81.7 cm³/mol. The SMILES string of the molecule is Cc1ccc(S(=O)(=O)Nc2cnn(CC3CC3)c2)cc1C. The third-order valence-electron chi connectivity index (χ3n) is 3.82. The number of nitrogens with zero attached hydrogens (tertiary/aromatic N) is 2. The van der Waals surface area contributed by atoms with Crippen LogP contribution < -0.4 is 4.72 Å². The standard InChI is InChI=1S/C15H19N3O2S/c1-11-3-6-15(7-12(11)2)21(19,20)17-14-8-16-18(10-14)9-13-4-5-13/h3,6-8,10,13,17H,4-5,9H2,1-2H3. The minimum Gasteiger partial charge on any atom is -0.276 e. The minimum absolute atomic E-state index is 0.278. The van der Waals surface area contributed by atoms with Crippen LogP contribution >= 0.6 is 0 Å². The summed E-state index contributed by atoms with van der Waals surface area (Å²) < 4.78 is 29.1. The Bertz CT molecular complexity index is 761. The van der Waals surface area contributed by atoms with Gasteiger partial charge < -0.3 is 0 Å². The van der Waals surface area contributed by atoms with Gasteiger partial charge >= 0.3 is 0 Å². The van der Waals surface area contributed by atoms with Crippen LogP contribution in [0.15, 0.2) is 35.5 Å². The van der Waals surface area contributed by atoms with E-state index >= 15 is 0 Å². The molecule has 5 nitrogen and oxygen atoms in total. The molecule has 1 heterocycles. The second kappa shape index (κ2) is 5.18. The number of aryl methyl sites for hydroxylation is 2. The average Bonchev–Trinajstić information content (AvgIpc) is 3.12. The van der Waals surface area contributed by atoms with E-state index in [1.54, 1.807) is 29.2 Å². The van der Waals surface area contributed by atoms with E-state index in [1.807, 2.05) is 19.9 Å². The Hall–Kier alpha value is -1.82. The molecule has 2 aromatic rings. The van der Waals surface area contributed by atoms with Gasteiger partial charge in [-0.15, -0.1) is 0 Å². The number of hydrogen-bond acceptors (Lipinski definition) is 3. The van der Waals surface area contributed by atoms with E-state index in [-0.39, 0.29) is 4.90 Å². The molecule has 0 amide bonds. The Morgan fingerprint density at radius 2 is 2.05 bits per heavy atom. The number of aromatic nitrogens is 2. The number of hydrogen-bond donors (Lipinski definition) is 1. The Balaban J connectivity index is 1.78. The van der Waals surface area contributed by atoms with Gasteiger partial charge in [0.05, 0.1) is 16.8 Å². The highest BCUT2D eigenvalue weighted by Gasteiger charge is 2.22. The van der Waals surface area contributed by atoms with Gasteiger partial charge in [0.2, 0.25) is 0 Å². The van der Waals surface area contributed by atoms with Crippen LogP contribution in [0.25, 0.3) is 0 Å². The van der Waals surface area contributed by atoms with Gasteiger partial charge in [0, 0.05) is 12.7 Å². The Labute approximate surface area is 125 Å². The molecule has 1 aromatic carbocycles. The van der Waals surface area contributed by atoms with Crippen LogP contribution in [0.2, 0.25) is 0 Å². The zero-order chi connectivity index (χ0) is 15.0. The van der Waals surface area contributed by atoms with Gasteiger partial charge in [-0.05, 0) is 55.9 Å². The molecule has 112 valence electrons. The first-order valence-electron chi connectivity index (χ1n) is 7.06. The summed E-state index contributed by atoms with van der Waals surface area (Å²) in [6.07, 6.45) is 5.78. The quantitative estimate of drug-likeness (QED) is 0.923. The maximum Gasteiger partial charge on any atom is 0.262 e. The molecule has 21 heavy (non-hydrogen) atoms. The molecule has 0 radical (unpaired) electrons. The van der Waals surface area contributed by atoms with Crippen molar-refractivity contribution >= 4 is 15.7 Å². The van der Waals surface area contributed by atoms with E-state index < -0.39 is 10.0 Å². The van der Waals surface area contributed by atoms with Crippen LogP contribution in [-0.2, 0) is 16.6 Å². The molecule has 1 fully saturated rings. The second-order valence-corrected chi connectivity index (χ2v) is 7.43. The number of benzene rings is 1. The van der Waals surface area contributed by atoms with Crippen molar-refractivity contribution in [3.05, 3.63) is 41.7 Å². The molecule has 0 bridgehead atoms. The van der Waals surface area contributed by atoms with Crippen molar-refractivity contribution in [1.29, 1.82) is 0 Å². The summed E-state index contributed by atoms with van der Waals surface area (Å²) in [4.78, 5) is 0.278. The number of nitrogens with one attached hydrogen (secondary N) is 1. The van der Waals surface area contributed by atoms with Crippen molar-refractivity contribution in [2.24, 2.45) is 5.92 Å². The van der Waals surface area contributed by atoms with Gasteiger partial charge in [0.15, 0.2) is 0 Å². The lowest BCUT2D eigenvalue weighted by atomic mass is 10.1. The molecule has 0 saturated heterocycles. The van der Waals surface area contributed by atoms with Gasteiger partial charge in [-0.3, -0.25) is 9.40 Å². The summed E-state index contributed by atoms with van der Waals surface area (Å²) in [5.41, 5.74) is 2.54. The van der Waals surface area contributed by atoms with Crippen molar-refractivity contribution in [2.75, 3.05) is 4.72 Å². The van der Waals surface area contributed by atoms with E-state index in [2.05, 4.69) is 9.82 Å². The molecule has 3 rings (SSSR count). The monoisotopic (exact) mass is 305 g/mol. The molecule has 1 saturated carbocycles. The fourth-order valence-corrected chi connectivity index (χ4v) is 3.29. The van der Waals surface area contributed by atoms with E-state index in [1.165, 1.54) is 12.8 Å². The maximum absolute atomic E-state index is 12.4. The molecule has 1 aliphatic rings. The largest absolute Gasteiger partial charge is 0.276 e. The zero-order valence-electron chi connectivity index (χ0n) is 12.2. The third-order valence-corrected chi connectivity index (χ3v) is 5.20. The van der Waals surface area contributed by atoms with Crippen LogP contribution in [0.1, 0.15) is 24.0 Å². The second-order valence-electron chi connectivity index (χ2n) is 5.75. The summed E-state index contributed by atoms with van der Waals surface area (Å²) in [5, 5.41) is 4.20. The normalized spacial score (nSPS) is 15.1. The highest BCUT2D eigenvalue weighted by molar-refractivity contribution is 7.92. The lowest BCUT2D eigenvalue weighted by Crippen LogP contribution is -2.13. The van der Waals surface area contributed by atoms with Crippen molar-refractivity contribution in [3.63, 3.8) is 0 Å². The fourth-order valence-electron chi connectivity index (χ4n) is 2.18. The molecule has 0 aliphatic heterocycles. The lowest BCUT2D eigenvalue weighted by Gasteiger charge is -2.08. The van der Waals surface area contributed by atoms with Gasteiger partial charge in [0.25, 0.3) is 10.0 Å². The van der Waals surface area contributed by atoms with Crippen LogP contribution in [-0.4, -0.2) is 18.2 Å². The average molecular weight is 305 g/mol. The summed E-state index contributed by atoms with van der Waals surface area (Å²) in [7, 11) is -3.56. The predicted octanol–water partition coefficient (Wildman–Crippen LogP) is 2.71. The number of anilines is 1. The maximum atomic E-state index is 12.4. The molecular formula is C15H19N3O2S. The lowest BCUT2D eigenvalue weighted by molar-refractivity contribution is 0.563. The molecule has 0 spiro atoms. The van der Waals surface area contributed by atoms with Gasteiger partial charge in [0.1, 0.15) is 0 Å². The van der Waals surface area contributed by atoms with E-state index in [0.717, 1.165) is 17.7 Å². The third kappa shape index (κ3) is 3.26. The van der Waals surface area contributed by atoms with E-state index in [4.69, 9.17) is 0 Å². The summed E-state index contributed by atoms with van der Waals surface area (Å²) in [6, 6.07) is 5.13. The molecular weight excluding hydrogens is 286 g/mol. The van der Waals surface area contributed by atoms with Gasteiger partial charge in [-0.1, -0.05) is 6.07 Å². The van der Waals surface area contributed by atoms with Gasteiger partial charge in [-0.25, -0.2) is 8.42 Å².